The normalized spacial score (nSPS) is 15.8. The number of hydrogen-bond donors (Lipinski definition) is 1. The van der Waals surface area contributed by atoms with E-state index in [0.29, 0.717) is 17.5 Å². The standard InChI is InChI=1S/C14H17N3O2/c1-18-10-6-7-12(15)11(8-10)14-16-13(17-19-14)9-4-2-3-5-9/h6-9H,2-5,15H2,1H3. The molecule has 0 unspecified atom stereocenters. The average Bonchev–Trinajstić information content (AvgIpc) is 3.10. The molecule has 2 N–H and O–H groups in total. The Hall–Kier alpha value is -2.04. The molecule has 1 saturated carbocycles. The van der Waals surface area contributed by atoms with Crippen molar-refractivity contribution in [1.29, 1.82) is 0 Å². The van der Waals surface area contributed by atoms with E-state index in [0.717, 1.165) is 30.0 Å². The van der Waals surface area contributed by atoms with Gasteiger partial charge in [0.15, 0.2) is 5.82 Å². The van der Waals surface area contributed by atoms with Crippen molar-refractivity contribution in [2.45, 2.75) is 31.6 Å². The lowest BCUT2D eigenvalue weighted by Crippen LogP contribution is -1.95. The molecule has 1 fully saturated rings. The molecule has 0 aliphatic heterocycles. The zero-order valence-corrected chi connectivity index (χ0v) is 10.9. The van der Waals surface area contributed by atoms with Crippen LogP contribution in [0, 0.1) is 0 Å². The van der Waals surface area contributed by atoms with E-state index in [-0.39, 0.29) is 0 Å². The summed E-state index contributed by atoms with van der Waals surface area (Å²) < 4.78 is 10.5. The Kier molecular flexibility index (Phi) is 3.11. The molecule has 100 valence electrons. The fourth-order valence-electron chi connectivity index (χ4n) is 2.54. The summed E-state index contributed by atoms with van der Waals surface area (Å²) in [5.41, 5.74) is 7.30. The summed E-state index contributed by atoms with van der Waals surface area (Å²) in [6.07, 6.45) is 4.78. The predicted octanol–water partition coefficient (Wildman–Crippen LogP) is 2.99. The Labute approximate surface area is 111 Å². The third kappa shape index (κ3) is 2.28. The third-order valence-electron chi connectivity index (χ3n) is 3.65. The molecule has 1 heterocycles. The number of anilines is 1. The van der Waals surface area contributed by atoms with E-state index in [2.05, 4.69) is 10.1 Å². The van der Waals surface area contributed by atoms with Crippen molar-refractivity contribution in [2.24, 2.45) is 0 Å². The number of rotatable bonds is 3. The topological polar surface area (TPSA) is 74.2 Å². The first-order chi connectivity index (χ1) is 9.28. The van der Waals surface area contributed by atoms with Gasteiger partial charge in [-0.2, -0.15) is 4.98 Å². The molecule has 19 heavy (non-hydrogen) atoms. The lowest BCUT2D eigenvalue weighted by molar-refractivity contribution is 0.410. The highest BCUT2D eigenvalue weighted by Crippen LogP contribution is 2.34. The molecular weight excluding hydrogens is 242 g/mol. The highest BCUT2D eigenvalue weighted by Gasteiger charge is 2.23. The van der Waals surface area contributed by atoms with Crippen molar-refractivity contribution < 1.29 is 9.26 Å². The van der Waals surface area contributed by atoms with Gasteiger partial charge in [-0.3, -0.25) is 0 Å². The molecule has 1 aromatic heterocycles. The summed E-state index contributed by atoms with van der Waals surface area (Å²) >= 11 is 0. The van der Waals surface area contributed by atoms with Crippen LogP contribution in [-0.2, 0) is 0 Å². The number of methoxy groups -OCH3 is 1. The van der Waals surface area contributed by atoms with Crippen LogP contribution in [0.5, 0.6) is 5.75 Å². The molecule has 1 aliphatic rings. The van der Waals surface area contributed by atoms with Crippen molar-refractivity contribution >= 4 is 5.69 Å². The van der Waals surface area contributed by atoms with Gasteiger partial charge in [0.1, 0.15) is 5.75 Å². The second-order valence-electron chi connectivity index (χ2n) is 4.89. The third-order valence-corrected chi connectivity index (χ3v) is 3.65. The lowest BCUT2D eigenvalue weighted by Gasteiger charge is -2.04. The largest absolute Gasteiger partial charge is 0.497 e. The molecule has 2 aromatic rings. The highest BCUT2D eigenvalue weighted by molar-refractivity contribution is 5.72. The van der Waals surface area contributed by atoms with E-state index in [9.17, 15) is 0 Å². The van der Waals surface area contributed by atoms with Gasteiger partial charge >= 0.3 is 0 Å². The van der Waals surface area contributed by atoms with E-state index >= 15 is 0 Å². The van der Waals surface area contributed by atoms with Crippen LogP contribution in [0.3, 0.4) is 0 Å². The number of benzene rings is 1. The summed E-state index contributed by atoms with van der Waals surface area (Å²) in [4.78, 5) is 4.49. The van der Waals surface area contributed by atoms with Gasteiger partial charge in [-0.15, -0.1) is 0 Å². The van der Waals surface area contributed by atoms with Crippen LogP contribution >= 0.6 is 0 Å². The fraction of sp³-hybridized carbons (Fsp3) is 0.429. The Bertz CT molecular complexity index is 574. The fourth-order valence-corrected chi connectivity index (χ4v) is 2.54. The van der Waals surface area contributed by atoms with Gasteiger partial charge in [-0.25, -0.2) is 0 Å². The number of hydrogen-bond acceptors (Lipinski definition) is 5. The lowest BCUT2D eigenvalue weighted by atomic mass is 10.1. The quantitative estimate of drug-likeness (QED) is 0.858. The molecule has 0 bridgehead atoms. The van der Waals surface area contributed by atoms with Gasteiger partial charge in [0, 0.05) is 11.6 Å². The van der Waals surface area contributed by atoms with Crippen LogP contribution < -0.4 is 10.5 Å². The first-order valence-electron chi connectivity index (χ1n) is 6.55. The molecule has 0 atom stereocenters. The van der Waals surface area contributed by atoms with Gasteiger partial charge in [-0.05, 0) is 31.0 Å². The van der Waals surface area contributed by atoms with Gasteiger partial charge in [-0.1, -0.05) is 18.0 Å². The molecular formula is C14H17N3O2. The van der Waals surface area contributed by atoms with Gasteiger partial charge in [0.25, 0.3) is 5.89 Å². The van der Waals surface area contributed by atoms with Gasteiger partial charge < -0.3 is 15.0 Å². The van der Waals surface area contributed by atoms with Crippen molar-refractivity contribution in [3.05, 3.63) is 24.0 Å². The number of nitrogens with two attached hydrogens (primary N) is 1. The number of nitrogen functional groups attached to an aromatic ring is 1. The number of nitrogens with zero attached hydrogens (tertiary/aromatic N) is 2. The number of aromatic nitrogens is 2. The van der Waals surface area contributed by atoms with Crippen molar-refractivity contribution in [3.63, 3.8) is 0 Å². The summed E-state index contributed by atoms with van der Waals surface area (Å²) in [6.45, 7) is 0. The van der Waals surface area contributed by atoms with Crippen LogP contribution in [-0.4, -0.2) is 17.3 Å². The van der Waals surface area contributed by atoms with Crippen LogP contribution in [0.4, 0.5) is 5.69 Å². The van der Waals surface area contributed by atoms with E-state index in [4.69, 9.17) is 15.0 Å². The Morgan fingerprint density at radius 1 is 1.32 bits per heavy atom. The Balaban J connectivity index is 1.93. The smallest absolute Gasteiger partial charge is 0.260 e. The Morgan fingerprint density at radius 2 is 2.11 bits per heavy atom. The molecule has 0 spiro atoms. The molecule has 1 aliphatic carbocycles. The second-order valence-corrected chi connectivity index (χ2v) is 4.89. The molecule has 5 nitrogen and oxygen atoms in total. The second kappa shape index (κ2) is 4.91. The maximum atomic E-state index is 5.96. The van der Waals surface area contributed by atoms with Crippen LogP contribution in [0.1, 0.15) is 37.4 Å². The van der Waals surface area contributed by atoms with Gasteiger partial charge in [0.2, 0.25) is 0 Å². The molecule has 0 saturated heterocycles. The molecule has 0 radical (unpaired) electrons. The van der Waals surface area contributed by atoms with E-state index in [1.54, 1.807) is 13.2 Å². The zero-order valence-electron chi connectivity index (χ0n) is 10.9. The average molecular weight is 259 g/mol. The minimum atomic E-state index is 0.435. The van der Waals surface area contributed by atoms with Crippen molar-refractivity contribution in [2.75, 3.05) is 12.8 Å². The van der Waals surface area contributed by atoms with E-state index in [1.165, 1.54) is 12.8 Å². The predicted molar refractivity (Wildman–Crippen MR) is 71.9 cm³/mol. The van der Waals surface area contributed by atoms with E-state index in [1.807, 2.05) is 12.1 Å². The summed E-state index contributed by atoms with van der Waals surface area (Å²) in [7, 11) is 1.62. The summed E-state index contributed by atoms with van der Waals surface area (Å²) in [6, 6.07) is 5.42. The summed E-state index contributed by atoms with van der Waals surface area (Å²) in [5, 5.41) is 4.09. The van der Waals surface area contributed by atoms with Crippen molar-refractivity contribution in [1.82, 2.24) is 10.1 Å². The number of ether oxygens (including phenoxy) is 1. The molecule has 1 aromatic carbocycles. The highest BCUT2D eigenvalue weighted by atomic mass is 16.5. The van der Waals surface area contributed by atoms with Gasteiger partial charge in [0.05, 0.1) is 12.7 Å². The zero-order chi connectivity index (χ0) is 13.2. The molecule has 0 amide bonds. The minimum Gasteiger partial charge on any atom is -0.497 e. The van der Waals surface area contributed by atoms with E-state index < -0.39 is 0 Å². The maximum absolute atomic E-state index is 5.96. The van der Waals surface area contributed by atoms with Crippen LogP contribution in [0.2, 0.25) is 0 Å². The summed E-state index contributed by atoms with van der Waals surface area (Å²) in [5.74, 6) is 2.43. The van der Waals surface area contributed by atoms with Crippen LogP contribution in [0.25, 0.3) is 11.5 Å². The SMILES string of the molecule is COc1ccc(N)c(-c2nc(C3CCCC3)no2)c1. The first kappa shape index (κ1) is 12.0. The molecule has 3 rings (SSSR count). The van der Waals surface area contributed by atoms with Crippen LogP contribution in [0.15, 0.2) is 22.7 Å². The first-order valence-corrected chi connectivity index (χ1v) is 6.55. The monoisotopic (exact) mass is 259 g/mol. The molecule has 5 heteroatoms. The Morgan fingerprint density at radius 3 is 2.84 bits per heavy atom. The minimum absolute atomic E-state index is 0.435. The maximum Gasteiger partial charge on any atom is 0.260 e. The van der Waals surface area contributed by atoms with Crippen molar-refractivity contribution in [3.8, 4) is 17.2 Å².